The van der Waals surface area contributed by atoms with E-state index >= 15 is 0 Å². The van der Waals surface area contributed by atoms with Crippen LogP contribution in [0.25, 0.3) is 21.9 Å². The molecule has 0 unspecified atom stereocenters. The number of pyridine rings is 1. The minimum atomic E-state index is -0.375. The van der Waals surface area contributed by atoms with Gasteiger partial charge in [0.1, 0.15) is 16.9 Å². The number of carbonyl (C=O) groups is 1. The molecule has 2 aromatic carbocycles. The largest absolute Gasteiger partial charge is 0.495 e. The molecule has 142 valence electrons. The molecule has 0 fully saturated rings. The molecular weight excluding hydrogens is 358 g/mol. The predicted octanol–water partition coefficient (Wildman–Crippen LogP) is 4.32. The maximum Gasteiger partial charge on any atom is 0.319 e. The Hall–Kier alpha value is -3.74. The van der Waals surface area contributed by atoms with Crippen molar-refractivity contribution in [3.63, 3.8) is 0 Å². The number of carbonyl (C=O) groups excluding carboxylic acids is 1. The summed E-state index contributed by atoms with van der Waals surface area (Å²) in [6, 6.07) is 14.6. The number of ether oxygens (including phenoxy) is 2. The number of methoxy groups -OCH3 is 2. The van der Waals surface area contributed by atoms with E-state index < -0.39 is 0 Å². The van der Waals surface area contributed by atoms with Crippen molar-refractivity contribution in [3.8, 4) is 11.6 Å². The fraction of sp³-hybridized carbons (Fsp3) is 0.143. The standard InChI is InChI=1S/C21H19N3O4/c1-26-19-10-15-14-7-3-4-8-17(14)28-18(15)11-16(19)24-21(25)23-12-13-6-5-9-22-20(13)27-2/h3-11H,12H2,1-2H3,(H2,23,24,25). The van der Waals surface area contributed by atoms with Crippen molar-refractivity contribution in [2.24, 2.45) is 0 Å². The zero-order chi connectivity index (χ0) is 19.5. The third-order valence-electron chi connectivity index (χ3n) is 4.43. The molecule has 2 aromatic heterocycles. The van der Waals surface area contributed by atoms with Gasteiger partial charge in [-0.3, -0.25) is 0 Å². The lowest BCUT2D eigenvalue weighted by atomic mass is 10.1. The summed E-state index contributed by atoms with van der Waals surface area (Å²) < 4.78 is 16.5. The number of furan rings is 1. The van der Waals surface area contributed by atoms with E-state index in [0.29, 0.717) is 22.9 Å². The van der Waals surface area contributed by atoms with Gasteiger partial charge in [0.05, 0.1) is 19.9 Å². The molecule has 7 heteroatoms. The minimum Gasteiger partial charge on any atom is -0.495 e. The average molecular weight is 377 g/mol. The second-order valence-corrected chi connectivity index (χ2v) is 6.13. The lowest BCUT2D eigenvalue weighted by Gasteiger charge is -2.12. The molecule has 0 aliphatic heterocycles. The van der Waals surface area contributed by atoms with Crippen molar-refractivity contribution >= 4 is 33.7 Å². The number of nitrogens with one attached hydrogen (secondary N) is 2. The number of hydrogen-bond donors (Lipinski definition) is 2. The fourth-order valence-corrected chi connectivity index (χ4v) is 3.10. The maximum absolute atomic E-state index is 12.4. The van der Waals surface area contributed by atoms with Crippen LogP contribution in [-0.2, 0) is 6.54 Å². The number of hydrogen-bond acceptors (Lipinski definition) is 5. The lowest BCUT2D eigenvalue weighted by molar-refractivity contribution is 0.251. The first-order valence-electron chi connectivity index (χ1n) is 8.71. The minimum absolute atomic E-state index is 0.276. The Bertz CT molecular complexity index is 1150. The highest BCUT2D eigenvalue weighted by molar-refractivity contribution is 6.07. The summed E-state index contributed by atoms with van der Waals surface area (Å²) in [6.07, 6.45) is 1.63. The van der Waals surface area contributed by atoms with Gasteiger partial charge in [-0.1, -0.05) is 24.3 Å². The Labute approximate surface area is 161 Å². The van der Waals surface area contributed by atoms with Crippen molar-refractivity contribution in [1.82, 2.24) is 10.3 Å². The third-order valence-corrected chi connectivity index (χ3v) is 4.43. The van der Waals surface area contributed by atoms with E-state index in [1.54, 1.807) is 32.5 Å². The Balaban J connectivity index is 1.56. The Kier molecular flexibility index (Phi) is 4.72. The van der Waals surface area contributed by atoms with Gasteiger partial charge >= 0.3 is 6.03 Å². The highest BCUT2D eigenvalue weighted by Crippen LogP contribution is 2.36. The first-order valence-corrected chi connectivity index (χ1v) is 8.71. The van der Waals surface area contributed by atoms with Crippen LogP contribution in [0.2, 0.25) is 0 Å². The number of fused-ring (bicyclic) bond motifs is 3. The molecule has 0 bridgehead atoms. The number of amides is 2. The summed E-state index contributed by atoms with van der Waals surface area (Å²) in [5.74, 6) is 1.03. The van der Waals surface area contributed by atoms with Gasteiger partial charge in [0.2, 0.25) is 5.88 Å². The maximum atomic E-state index is 12.4. The van der Waals surface area contributed by atoms with Crippen LogP contribution in [-0.4, -0.2) is 25.2 Å². The Morgan fingerprint density at radius 3 is 2.71 bits per heavy atom. The molecular formula is C21H19N3O4. The molecule has 0 radical (unpaired) electrons. The quantitative estimate of drug-likeness (QED) is 0.541. The van der Waals surface area contributed by atoms with Gasteiger partial charge in [0.25, 0.3) is 0 Å². The normalized spacial score (nSPS) is 10.8. The molecule has 0 spiro atoms. The molecule has 4 rings (SSSR count). The summed E-state index contributed by atoms with van der Waals surface area (Å²) in [5, 5.41) is 7.53. The topological polar surface area (TPSA) is 85.6 Å². The summed E-state index contributed by atoms with van der Waals surface area (Å²) in [5.41, 5.74) is 2.75. The number of benzene rings is 2. The molecule has 0 aliphatic carbocycles. The highest BCUT2D eigenvalue weighted by Gasteiger charge is 2.14. The molecule has 2 amide bonds. The molecule has 2 heterocycles. The first kappa shape index (κ1) is 17.7. The smallest absolute Gasteiger partial charge is 0.319 e. The van der Waals surface area contributed by atoms with Crippen molar-refractivity contribution in [3.05, 3.63) is 60.3 Å². The SMILES string of the molecule is COc1cc2c(cc1NC(=O)NCc1cccnc1OC)oc1ccccc12. The molecule has 0 atom stereocenters. The van der Waals surface area contributed by atoms with Crippen molar-refractivity contribution in [2.45, 2.75) is 6.54 Å². The van der Waals surface area contributed by atoms with Gasteiger partial charge < -0.3 is 24.5 Å². The molecule has 0 aliphatic rings. The van der Waals surface area contributed by atoms with Gasteiger partial charge in [0.15, 0.2) is 0 Å². The molecule has 7 nitrogen and oxygen atoms in total. The van der Waals surface area contributed by atoms with Crippen LogP contribution in [0.5, 0.6) is 11.6 Å². The number of para-hydroxylation sites is 1. The zero-order valence-electron chi connectivity index (χ0n) is 15.5. The van der Waals surface area contributed by atoms with Crippen LogP contribution in [0, 0.1) is 0 Å². The second kappa shape index (κ2) is 7.48. The van der Waals surface area contributed by atoms with Gasteiger partial charge in [0, 0.05) is 35.1 Å². The third kappa shape index (κ3) is 3.29. The fourth-order valence-electron chi connectivity index (χ4n) is 3.10. The van der Waals surface area contributed by atoms with E-state index in [9.17, 15) is 4.79 Å². The molecule has 0 saturated carbocycles. The number of rotatable bonds is 5. The van der Waals surface area contributed by atoms with Crippen LogP contribution >= 0.6 is 0 Å². The van der Waals surface area contributed by atoms with E-state index in [1.807, 2.05) is 36.4 Å². The van der Waals surface area contributed by atoms with Crippen molar-refractivity contribution < 1.29 is 18.7 Å². The molecule has 2 N–H and O–H groups in total. The second-order valence-electron chi connectivity index (χ2n) is 6.13. The number of anilines is 1. The van der Waals surface area contributed by atoms with Crippen molar-refractivity contribution in [2.75, 3.05) is 19.5 Å². The summed E-state index contributed by atoms with van der Waals surface area (Å²) in [4.78, 5) is 16.5. The lowest BCUT2D eigenvalue weighted by Crippen LogP contribution is -2.28. The van der Waals surface area contributed by atoms with Crippen molar-refractivity contribution in [1.29, 1.82) is 0 Å². The highest BCUT2D eigenvalue weighted by atomic mass is 16.5. The van der Waals surface area contributed by atoms with Crippen LogP contribution in [0.4, 0.5) is 10.5 Å². The van der Waals surface area contributed by atoms with Crippen LogP contribution in [0.15, 0.2) is 59.1 Å². The summed E-state index contributed by atoms with van der Waals surface area (Å²) in [7, 11) is 3.10. The van der Waals surface area contributed by atoms with Gasteiger partial charge in [-0.05, 0) is 18.2 Å². The number of aromatic nitrogens is 1. The predicted molar refractivity (Wildman–Crippen MR) is 107 cm³/mol. The van der Waals surface area contributed by atoms with E-state index in [1.165, 1.54) is 0 Å². The van der Waals surface area contributed by atoms with Crippen LogP contribution in [0.3, 0.4) is 0 Å². The Morgan fingerprint density at radius 1 is 1.04 bits per heavy atom. The van der Waals surface area contributed by atoms with E-state index in [0.717, 1.165) is 21.9 Å². The Morgan fingerprint density at radius 2 is 1.89 bits per heavy atom. The molecule has 28 heavy (non-hydrogen) atoms. The van der Waals surface area contributed by atoms with E-state index in [-0.39, 0.29) is 12.6 Å². The molecule has 4 aromatic rings. The van der Waals surface area contributed by atoms with Crippen LogP contribution in [0.1, 0.15) is 5.56 Å². The average Bonchev–Trinajstić information content (AvgIpc) is 3.09. The zero-order valence-corrected chi connectivity index (χ0v) is 15.5. The summed E-state index contributed by atoms with van der Waals surface area (Å²) in [6.45, 7) is 0.276. The monoisotopic (exact) mass is 377 g/mol. The summed E-state index contributed by atoms with van der Waals surface area (Å²) >= 11 is 0. The van der Waals surface area contributed by atoms with Gasteiger partial charge in [-0.25, -0.2) is 9.78 Å². The van der Waals surface area contributed by atoms with Gasteiger partial charge in [-0.2, -0.15) is 0 Å². The number of nitrogens with zero attached hydrogens (tertiary/aromatic N) is 1. The van der Waals surface area contributed by atoms with E-state index in [4.69, 9.17) is 13.9 Å². The van der Waals surface area contributed by atoms with Crippen LogP contribution < -0.4 is 20.1 Å². The molecule has 0 saturated heterocycles. The number of urea groups is 1. The first-order chi connectivity index (χ1) is 13.7. The van der Waals surface area contributed by atoms with Gasteiger partial charge in [-0.15, -0.1) is 0 Å². The van der Waals surface area contributed by atoms with E-state index in [2.05, 4.69) is 15.6 Å².